The zero-order valence-electron chi connectivity index (χ0n) is 17.2. The van der Waals surface area contributed by atoms with Gasteiger partial charge in [-0.05, 0) is 25.1 Å². The topological polar surface area (TPSA) is 83.7 Å². The summed E-state index contributed by atoms with van der Waals surface area (Å²) in [4.78, 5) is 17.3. The van der Waals surface area contributed by atoms with Crippen LogP contribution in [0.25, 0.3) is 21.8 Å². The predicted molar refractivity (Wildman–Crippen MR) is 116 cm³/mol. The van der Waals surface area contributed by atoms with E-state index in [2.05, 4.69) is 10.1 Å². The van der Waals surface area contributed by atoms with Gasteiger partial charge in [0.1, 0.15) is 28.6 Å². The third kappa shape index (κ3) is 4.29. The second-order valence-electron chi connectivity index (χ2n) is 6.62. The van der Waals surface area contributed by atoms with Gasteiger partial charge in [0.2, 0.25) is 0 Å². The Labute approximate surface area is 183 Å². The zero-order chi connectivity index (χ0) is 21.8. The minimum atomic E-state index is -0.502. The van der Waals surface area contributed by atoms with Crippen LogP contribution in [0.4, 0.5) is 0 Å². The number of carbonyl (C=O) groups excluding carboxylic acids is 1. The third-order valence-electron chi connectivity index (χ3n) is 4.65. The van der Waals surface area contributed by atoms with Gasteiger partial charge in [0.05, 0.1) is 19.9 Å². The van der Waals surface area contributed by atoms with Crippen LogP contribution in [0.5, 0.6) is 11.5 Å². The monoisotopic (exact) mass is 436 g/mol. The molecule has 8 heteroatoms. The first-order chi connectivity index (χ1) is 15.1. The van der Waals surface area contributed by atoms with E-state index >= 15 is 0 Å². The molecule has 0 atom stereocenters. The third-order valence-corrected chi connectivity index (χ3v) is 5.59. The van der Waals surface area contributed by atoms with Crippen molar-refractivity contribution in [2.24, 2.45) is 0 Å². The van der Waals surface area contributed by atoms with Crippen molar-refractivity contribution in [2.45, 2.75) is 13.5 Å². The Morgan fingerprint density at radius 2 is 1.81 bits per heavy atom. The van der Waals surface area contributed by atoms with Crippen molar-refractivity contribution in [3.63, 3.8) is 0 Å². The Balaban J connectivity index is 1.49. The van der Waals surface area contributed by atoms with E-state index in [1.54, 1.807) is 21.1 Å². The van der Waals surface area contributed by atoms with E-state index in [1.165, 1.54) is 11.3 Å². The molecule has 7 nitrogen and oxygen atoms in total. The van der Waals surface area contributed by atoms with Crippen LogP contribution in [0.15, 0.2) is 58.4 Å². The number of ether oxygens (including phenoxy) is 3. The van der Waals surface area contributed by atoms with Crippen molar-refractivity contribution >= 4 is 17.3 Å². The fourth-order valence-electron chi connectivity index (χ4n) is 3.09. The minimum absolute atomic E-state index is 0.0431. The highest BCUT2D eigenvalue weighted by Gasteiger charge is 2.23. The first-order valence-corrected chi connectivity index (χ1v) is 10.3. The summed E-state index contributed by atoms with van der Waals surface area (Å²) in [5, 5.41) is 6.67. The van der Waals surface area contributed by atoms with Crippen LogP contribution in [-0.4, -0.2) is 30.3 Å². The molecule has 0 amide bonds. The molecule has 4 aromatic rings. The van der Waals surface area contributed by atoms with E-state index in [-0.39, 0.29) is 6.61 Å². The number of hydrogen-bond donors (Lipinski definition) is 0. The molecule has 2 aromatic heterocycles. The smallest absolute Gasteiger partial charge is 0.344 e. The summed E-state index contributed by atoms with van der Waals surface area (Å²) in [7, 11) is 3.18. The molecule has 0 aliphatic heterocycles. The number of hydrogen-bond acceptors (Lipinski definition) is 8. The summed E-state index contributed by atoms with van der Waals surface area (Å²) in [6.45, 7) is 1.73. The molecule has 2 heterocycles. The first kappa shape index (κ1) is 20.6. The summed E-state index contributed by atoms with van der Waals surface area (Å²) in [6, 6.07) is 15.0. The SMILES string of the molecule is COc1ccc(-c2nc(COC(=O)c3c(-c4ccccc4)noc3C)cs2)cc1OC. The molecule has 0 radical (unpaired) electrons. The summed E-state index contributed by atoms with van der Waals surface area (Å²) in [5.41, 5.74) is 3.12. The van der Waals surface area contributed by atoms with Gasteiger partial charge >= 0.3 is 5.97 Å². The van der Waals surface area contributed by atoms with Gasteiger partial charge in [0.25, 0.3) is 0 Å². The highest BCUT2D eigenvalue weighted by atomic mass is 32.1. The van der Waals surface area contributed by atoms with Crippen molar-refractivity contribution in [2.75, 3.05) is 14.2 Å². The summed E-state index contributed by atoms with van der Waals surface area (Å²) < 4.78 is 21.4. The van der Waals surface area contributed by atoms with Crippen molar-refractivity contribution < 1.29 is 23.5 Å². The van der Waals surface area contributed by atoms with E-state index in [9.17, 15) is 4.79 Å². The van der Waals surface area contributed by atoms with E-state index in [0.29, 0.717) is 34.2 Å². The number of nitrogens with zero attached hydrogens (tertiary/aromatic N) is 2. The molecule has 0 aliphatic rings. The quantitative estimate of drug-likeness (QED) is 0.371. The summed E-state index contributed by atoms with van der Waals surface area (Å²) >= 11 is 1.46. The van der Waals surface area contributed by atoms with E-state index in [4.69, 9.17) is 18.7 Å². The Hall–Kier alpha value is -3.65. The number of aromatic nitrogens is 2. The van der Waals surface area contributed by atoms with Gasteiger partial charge in [-0.25, -0.2) is 9.78 Å². The first-order valence-electron chi connectivity index (χ1n) is 9.46. The molecule has 31 heavy (non-hydrogen) atoms. The molecule has 4 rings (SSSR count). The number of benzene rings is 2. The number of methoxy groups -OCH3 is 2. The standard InChI is InChI=1S/C23H20N2O5S/c1-14-20(21(25-30-14)15-7-5-4-6-8-15)23(26)29-12-17-13-31-22(24-17)16-9-10-18(27-2)19(11-16)28-3/h4-11,13H,12H2,1-3H3. The summed E-state index contributed by atoms with van der Waals surface area (Å²) in [5.74, 6) is 1.18. The Morgan fingerprint density at radius 3 is 2.55 bits per heavy atom. The fraction of sp³-hybridized carbons (Fsp3) is 0.174. The highest BCUT2D eigenvalue weighted by molar-refractivity contribution is 7.13. The largest absolute Gasteiger partial charge is 0.493 e. The number of esters is 1. The van der Waals surface area contributed by atoms with Crippen molar-refractivity contribution in [3.8, 4) is 33.3 Å². The second-order valence-corrected chi connectivity index (χ2v) is 7.48. The number of rotatable bonds is 7. The van der Waals surface area contributed by atoms with E-state index < -0.39 is 5.97 Å². The highest BCUT2D eigenvalue weighted by Crippen LogP contribution is 2.33. The lowest BCUT2D eigenvalue weighted by Gasteiger charge is -2.08. The lowest BCUT2D eigenvalue weighted by atomic mass is 10.1. The Morgan fingerprint density at radius 1 is 1.03 bits per heavy atom. The molecule has 0 N–H and O–H groups in total. The Bertz CT molecular complexity index is 1200. The van der Waals surface area contributed by atoms with Crippen molar-refractivity contribution in [1.29, 1.82) is 0 Å². The van der Waals surface area contributed by atoms with Crippen LogP contribution < -0.4 is 9.47 Å². The molecule has 0 saturated heterocycles. The maximum absolute atomic E-state index is 12.7. The maximum Gasteiger partial charge on any atom is 0.344 e. The van der Waals surface area contributed by atoms with E-state index in [0.717, 1.165) is 16.1 Å². The fourth-order valence-corrected chi connectivity index (χ4v) is 3.89. The van der Waals surface area contributed by atoms with Crippen LogP contribution in [0.1, 0.15) is 21.8 Å². The van der Waals surface area contributed by atoms with Gasteiger partial charge in [-0.2, -0.15) is 0 Å². The van der Waals surface area contributed by atoms with Crippen molar-refractivity contribution in [3.05, 3.63) is 70.9 Å². The van der Waals surface area contributed by atoms with Crippen LogP contribution in [-0.2, 0) is 11.3 Å². The number of thiazole rings is 1. The average molecular weight is 436 g/mol. The molecular weight excluding hydrogens is 416 g/mol. The van der Waals surface area contributed by atoms with Gasteiger partial charge < -0.3 is 18.7 Å². The van der Waals surface area contributed by atoms with Gasteiger partial charge in [0.15, 0.2) is 11.5 Å². The zero-order valence-corrected chi connectivity index (χ0v) is 18.1. The van der Waals surface area contributed by atoms with Crippen LogP contribution >= 0.6 is 11.3 Å². The number of carbonyl (C=O) groups is 1. The predicted octanol–water partition coefficient (Wildman–Crippen LogP) is 5.15. The molecule has 0 aliphatic carbocycles. The summed E-state index contributed by atoms with van der Waals surface area (Å²) in [6.07, 6.45) is 0. The molecule has 0 unspecified atom stereocenters. The van der Waals surface area contributed by atoms with Crippen LogP contribution in [0, 0.1) is 6.92 Å². The molecule has 158 valence electrons. The van der Waals surface area contributed by atoms with Crippen molar-refractivity contribution in [1.82, 2.24) is 10.1 Å². The number of aryl methyl sites for hydroxylation is 1. The maximum atomic E-state index is 12.7. The molecule has 0 bridgehead atoms. The molecule has 0 saturated carbocycles. The van der Waals surface area contributed by atoms with E-state index in [1.807, 2.05) is 53.9 Å². The molecular formula is C23H20N2O5S. The van der Waals surface area contributed by atoms with Gasteiger partial charge in [0, 0.05) is 16.5 Å². The Kier molecular flexibility index (Phi) is 5.99. The lowest BCUT2D eigenvalue weighted by Crippen LogP contribution is -2.07. The van der Waals surface area contributed by atoms with Gasteiger partial charge in [-0.1, -0.05) is 35.5 Å². The minimum Gasteiger partial charge on any atom is -0.493 e. The molecule has 2 aromatic carbocycles. The average Bonchev–Trinajstić information content (AvgIpc) is 3.44. The lowest BCUT2D eigenvalue weighted by molar-refractivity contribution is 0.0467. The molecule has 0 fully saturated rings. The van der Waals surface area contributed by atoms with Gasteiger partial charge in [-0.15, -0.1) is 11.3 Å². The second kappa shape index (κ2) is 9.01. The van der Waals surface area contributed by atoms with Gasteiger partial charge in [-0.3, -0.25) is 0 Å². The normalized spacial score (nSPS) is 10.7. The van der Waals surface area contributed by atoms with Crippen LogP contribution in [0.2, 0.25) is 0 Å². The van der Waals surface area contributed by atoms with Crippen LogP contribution in [0.3, 0.4) is 0 Å². The molecule has 0 spiro atoms.